The second-order valence-corrected chi connectivity index (χ2v) is 5.57. The number of pyridine rings is 1. The molecule has 2 aromatic heterocycles. The van der Waals surface area contributed by atoms with Crippen LogP contribution in [0.2, 0.25) is 0 Å². The molecular formula is C13H17N5OS. The maximum atomic E-state index is 12.1. The molecule has 0 unspecified atom stereocenters. The van der Waals surface area contributed by atoms with E-state index in [1.54, 1.807) is 12.4 Å². The van der Waals surface area contributed by atoms with Crippen molar-refractivity contribution in [1.82, 2.24) is 15.3 Å². The van der Waals surface area contributed by atoms with Crippen LogP contribution in [0, 0.1) is 0 Å². The average molecular weight is 291 g/mol. The Labute approximate surface area is 121 Å². The molecule has 0 aromatic carbocycles. The fourth-order valence-electron chi connectivity index (χ4n) is 1.57. The molecule has 7 heteroatoms. The van der Waals surface area contributed by atoms with E-state index in [0.717, 1.165) is 5.56 Å². The van der Waals surface area contributed by atoms with Crippen LogP contribution in [0.25, 0.3) is 0 Å². The molecule has 0 aliphatic rings. The Bertz CT molecular complexity index is 582. The van der Waals surface area contributed by atoms with Gasteiger partial charge in [-0.15, -0.1) is 0 Å². The first kappa shape index (κ1) is 14.3. The number of hydrogen-bond donors (Lipinski definition) is 3. The van der Waals surface area contributed by atoms with Gasteiger partial charge in [0.25, 0.3) is 5.91 Å². The summed E-state index contributed by atoms with van der Waals surface area (Å²) >= 11 is 1.26. The Morgan fingerprint density at radius 2 is 2.10 bits per heavy atom. The second kappa shape index (κ2) is 6.33. The minimum Gasteiger partial charge on any atom is -0.382 e. The highest BCUT2D eigenvalue weighted by Gasteiger charge is 2.16. The van der Waals surface area contributed by atoms with Gasteiger partial charge in [0.1, 0.15) is 10.7 Å². The van der Waals surface area contributed by atoms with Crippen molar-refractivity contribution in [2.45, 2.75) is 26.4 Å². The van der Waals surface area contributed by atoms with E-state index < -0.39 is 0 Å². The van der Waals surface area contributed by atoms with Gasteiger partial charge in [0, 0.05) is 25.0 Å². The maximum Gasteiger partial charge on any atom is 0.265 e. The van der Waals surface area contributed by atoms with Crippen LogP contribution in [0.5, 0.6) is 0 Å². The van der Waals surface area contributed by atoms with Crippen LogP contribution in [0.1, 0.15) is 29.1 Å². The zero-order chi connectivity index (χ0) is 14.5. The molecule has 0 radical (unpaired) electrons. The predicted octanol–water partition coefficient (Wildman–Crippen LogP) is 1.87. The van der Waals surface area contributed by atoms with E-state index in [0.29, 0.717) is 16.6 Å². The summed E-state index contributed by atoms with van der Waals surface area (Å²) in [6.45, 7) is 4.44. The van der Waals surface area contributed by atoms with Gasteiger partial charge >= 0.3 is 0 Å². The first-order valence-corrected chi connectivity index (χ1v) is 7.08. The van der Waals surface area contributed by atoms with Gasteiger partial charge in [-0.3, -0.25) is 9.78 Å². The number of hydrogen-bond acceptors (Lipinski definition) is 6. The van der Waals surface area contributed by atoms with E-state index in [2.05, 4.69) is 20.6 Å². The number of nitrogen functional groups attached to an aromatic ring is 1. The quantitative estimate of drug-likeness (QED) is 0.782. The number of nitrogens with one attached hydrogen (secondary N) is 2. The molecule has 2 heterocycles. The van der Waals surface area contributed by atoms with E-state index in [4.69, 9.17) is 5.73 Å². The molecule has 0 bridgehead atoms. The lowest BCUT2D eigenvalue weighted by Crippen LogP contribution is -2.22. The number of carbonyl (C=O) groups is 1. The Morgan fingerprint density at radius 1 is 1.40 bits per heavy atom. The van der Waals surface area contributed by atoms with Gasteiger partial charge in [0.05, 0.1) is 0 Å². The number of carbonyl (C=O) groups excluding carboxylic acids is 1. The van der Waals surface area contributed by atoms with E-state index in [1.807, 2.05) is 26.0 Å². The minimum atomic E-state index is -0.214. The molecule has 1 amide bonds. The summed E-state index contributed by atoms with van der Waals surface area (Å²) in [5, 5.41) is 6.61. The first-order chi connectivity index (χ1) is 9.56. The van der Waals surface area contributed by atoms with Crippen LogP contribution in [0.4, 0.5) is 10.9 Å². The van der Waals surface area contributed by atoms with Gasteiger partial charge in [-0.25, -0.2) is 4.98 Å². The van der Waals surface area contributed by atoms with Crippen molar-refractivity contribution in [3.8, 4) is 0 Å². The smallest absolute Gasteiger partial charge is 0.265 e. The number of nitrogens with two attached hydrogens (primary N) is 1. The van der Waals surface area contributed by atoms with E-state index >= 15 is 0 Å². The number of amides is 1. The Kier molecular flexibility index (Phi) is 4.52. The predicted molar refractivity (Wildman–Crippen MR) is 80.7 cm³/mol. The van der Waals surface area contributed by atoms with E-state index in [-0.39, 0.29) is 17.8 Å². The standard InChI is InChI=1S/C13H17N5OS/c1-8(2)17-13-18-11(14)10(20-13)12(19)16-7-9-3-5-15-6-4-9/h3-6,8H,7,14H2,1-2H3,(H,16,19)(H,17,18). The second-order valence-electron chi connectivity index (χ2n) is 4.57. The van der Waals surface area contributed by atoms with Crippen molar-refractivity contribution in [2.75, 3.05) is 11.1 Å². The molecule has 0 aliphatic heterocycles. The van der Waals surface area contributed by atoms with Crippen LogP contribution in [0.3, 0.4) is 0 Å². The van der Waals surface area contributed by atoms with Crippen LogP contribution >= 0.6 is 11.3 Å². The van der Waals surface area contributed by atoms with Crippen molar-refractivity contribution in [3.63, 3.8) is 0 Å². The fourth-order valence-corrected chi connectivity index (χ4v) is 2.51. The molecular weight excluding hydrogens is 274 g/mol. The summed E-state index contributed by atoms with van der Waals surface area (Å²) in [6, 6.07) is 3.94. The highest BCUT2D eigenvalue weighted by Crippen LogP contribution is 2.25. The lowest BCUT2D eigenvalue weighted by Gasteiger charge is -2.04. The third-order valence-corrected chi connectivity index (χ3v) is 3.48. The van der Waals surface area contributed by atoms with E-state index in [1.165, 1.54) is 11.3 Å². The third kappa shape index (κ3) is 3.67. The number of nitrogens with zero attached hydrogens (tertiary/aromatic N) is 2. The van der Waals surface area contributed by atoms with Gasteiger partial charge in [0.2, 0.25) is 0 Å². The Hall–Kier alpha value is -2.15. The zero-order valence-corrected chi connectivity index (χ0v) is 12.2. The molecule has 106 valence electrons. The Balaban J connectivity index is 2.00. The largest absolute Gasteiger partial charge is 0.382 e. The van der Waals surface area contributed by atoms with Crippen LogP contribution in [0.15, 0.2) is 24.5 Å². The van der Waals surface area contributed by atoms with Crippen LogP contribution in [-0.4, -0.2) is 21.9 Å². The van der Waals surface area contributed by atoms with Crippen LogP contribution in [-0.2, 0) is 6.54 Å². The third-order valence-electron chi connectivity index (χ3n) is 2.47. The summed E-state index contributed by atoms with van der Waals surface area (Å²) in [5.41, 5.74) is 6.76. The number of rotatable bonds is 5. The number of anilines is 2. The van der Waals surface area contributed by atoms with Gasteiger partial charge in [-0.2, -0.15) is 0 Å². The van der Waals surface area contributed by atoms with Crippen molar-refractivity contribution < 1.29 is 4.79 Å². The molecule has 2 rings (SSSR count). The average Bonchev–Trinajstić information content (AvgIpc) is 2.77. The van der Waals surface area contributed by atoms with Gasteiger partial charge < -0.3 is 16.4 Å². The lowest BCUT2D eigenvalue weighted by molar-refractivity contribution is 0.0955. The summed E-state index contributed by atoms with van der Waals surface area (Å²) in [7, 11) is 0. The molecule has 20 heavy (non-hydrogen) atoms. The normalized spacial score (nSPS) is 10.6. The van der Waals surface area contributed by atoms with Crippen molar-refractivity contribution in [2.24, 2.45) is 0 Å². The van der Waals surface area contributed by atoms with Gasteiger partial charge in [-0.05, 0) is 31.5 Å². The highest BCUT2D eigenvalue weighted by atomic mass is 32.1. The number of thiazole rings is 1. The van der Waals surface area contributed by atoms with Gasteiger partial charge in [-0.1, -0.05) is 11.3 Å². The maximum absolute atomic E-state index is 12.1. The summed E-state index contributed by atoms with van der Waals surface area (Å²) in [5.74, 6) is 0.0407. The van der Waals surface area contributed by atoms with Gasteiger partial charge in [0.15, 0.2) is 5.13 Å². The summed E-state index contributed by atoms with van der Waals surface area (Å²) in [6.07, 6.45) is 3.38. The molecule has 6 nitrogen and oxygen atoms in total. The van der Waals surface area contributed by atoms with E-state index in [9.17, 15) is 4.79 Å². The SMILES string of the molecule is CC(C)Nc1nc(N)c(C(=O)NCc2ccncc2)s1. The topological polar surface area (TPSA) is 92.9 Å². The summed E-state index contributed by atoms with van der Waals surface area (Å²) in [4.78, 5) is 20.6. The minimum absolute atomic E-state index is 0.214. The molecule has 0 saturated carbocycles. The fraction of sp³-hybridized carbons (Fsp3) is 0.308. The molecule has 0 spiro atoms. The highest BCUT2D eigenvalue weighted by molar-refractivity contribution is 7.18. The van der Waals surface area contributed by atoms with Crippen molar-refractivity contribution >= 4 is 28.2 Å². The monoisotopic (exact) mass is 291 g/mol. The first-order valence-electron chi connectivity index (χ1n) is 6.26. The summed E-state index contributed by atoms with van der Waals surface area (Å²) < 4.78 is 0. The molecule has 0 atom stereocenters. The molecule has 0 fully saturated rings. The molecule has 4 N–H and O–H groups in total. The van der Waals surface area contributed by atoms with Crippen LogP contribution < -0.4 is 16.4 Å². The Morgan fingerprint density at radius 3 is 2.75 bits per heavy atom. The van der Waals surface area contributed by atoms with Crippen molar-refractivity contribution in [1.29, 1.82) is 0 Å². The molecule has 0 saturated heterocycles. The zero-order valence-electron chi connectivity index (χ0n) is 11.4. The van der Waals surface area contributed by atoms with Crippen molar-refractivity contribution in [3.05, 3.63) is 35.0 Å². The number of aromatic nitrogens is 2. The lowest BCUT2D eigenvalue weighted by atomic mass is 10.3. The molecule has 0 aliphatic carbocycles. The molecule has 2 aromatic rings.